The fourth-order valence-corrected chi connectivity index (χ4v) is 3.75. The van der Waals surface area contributed by atoms with Crippen LogP contribution in [0, 0.1) is 13.8 Å². The number of likely N-dealkylation sites (N-methyl/N-ethyl adjacent to an activating group) is 1. The minimum atomic E-state index is -3.68. The quantitative estimate of drug-likeness (QED) is 0.727. The molecule has 0 aliphatic rings. The molecule has 6 heteroatoms. The van der Waals surface area contributed by atoms with Crippen LogP contribution in [0.15, 0.2) is 59.5 Å². The second kappa shape index (κ2) is 8.39. The first-order valence-corrected chi connectivity index (χ1v) is 10.3. The van der Waals surface area contributed by atoms with Crippen molar-refractivity contribution in [1.82, 2.24) is 4.90 Å². The number of rotatable bonds is 7. The molecule has 0 bridgehead atoms. The molecule has 0 aliphatic carbocycles. The molecule has 2 aromatic carbocycles. The van der Waals surface area contributed by atoms with Crippen LogP contribution in [0.25, 0.3) is 0 Å². The molecule has 1 N–H and O–H groups in total. The van der Waals surface area contributed by atoms with Gasteiger partial charge in [-0.2, -0.15) is 0 Å². The van der Waals surface area contributed by atoms with Crippen molar-refractivity contribution in [2.45, 2.75) is 32.6 Å². The van der Waals surface area contributed by atoms with E-state index in [4.69, 9.17) is 0 Å². The van der Waals surface area contributed by atoms with Gasteiger partial charge in [0.2, 0.25) is 0 Å². The molecule has 0 saturated carbocycles. The van der Waals surface area contributed by atoms with Crippen molar-refractivity contribution in [2.24, 2.45) is 0 Å². The number of hydrogen-bond donors (Lipinski definition) is 1. The zero-order valence-electron chi connectivity index (χ0n) is 16.2. The van der Waals surface area contributed by atoms with Gasteiger partial charge in [0.1, 0.15) is 0 Å². The van der Waals surface area contributed by atoms with E-state index < -0.39 is 10.0 Å². The molecule has 2 aromatic rings. The van der Waals surface area contributed by atoms with Crippen molar-refractivity contribution < 1.29 is 13.2 Å². The van der Waals surface area contributed by atoms with Gasteiger partial charge in [0.25, 0.3) is 15.9 Å². The van der Waals surface area contributed by atoms with Gasteiger partial charge in [0.05, 0.1) is 4.90 Å². The van der Waals surface area contributed by atoms with Gasteiger partial charge < -0.3 is 4.90 Å². The standard InChI is InChI=1S/C21H26N2O3S/c1-6-23(14-15(2)3)21(24)18-8-10-19(11-9-18)22-27(25,26)20-12-7-16(4)17(5)13-20/h7-13,22H,2,6,14H2,1,3-5H3. The molecule has 0 spiro atoms. The zero-order valence-corrected chi connectivity index (χ0v) is 17.1. The number of nitrogens with one attached hydrogen (secondary N) is 1. The van der Waals surface area contributed by atoms with Gasteiger partial charge in [0, 0.05) is 24.3 Å². The summed E-state index contributed by atoms with van der Waals surface area (Å²) in [4.78, 5) is 14.4. The van der Waals surface area contributed by atoms with Crippen LogP contribution >= 0.6 is 0 Å². The van der Waals surface area contributed by atoms with Crippen LogP contribution in [0.2, 0.25) is 0 Å². The van der Waals surface area contributed by atoms with Gasteiger partial charge in [-0.15, -0.1) is 0 Å². The summed E-state index contributed by atoms with van der Waals surface area (Å²) in [6.07, 6.45) is 0. The molecular formula is C21H26N2O3S. The third-order valence-corrected chi connectivity index (χ3v) is 5.68. The van der Waals surface area contributed by atoms with Crippen molar-refractivity contribution >= 4 is 21.6 Å². The highest BCUT2D eigenvalue weighted by atomic mass is 32.2. The zero-order chi connectivity index (χ0) is 20.2. The lowest BCUT2D eigenvalue weighted by molar-refractivity contribution is 0.0778. The summed E-state index contributed by atoms with van der Waals surface area (Å²) >= 11 is 0. The summed E-state index contributed by atoms with van der Waals surface area (Å²) in [7, 11) is -3.68. The fraction of sp³-hybridized carbons (Fsp3) is 0.286. The number of carbonyl (C=O) groups is 1. The van der Waals surface area contributed by atoms with E-state index in [9.17, 15) is 13.2 Å². The monoisotopic (exact) mass is 386 g/mol. The first-order chi connectivity index (χ1) is 12.6. The number of amides is 1. The Balaban J connectivity index is 2.18. The Morgan fingerprint density at radius 2 is 1.70 bits per heavy atom. The second-order valence-corrected chi connectivity index (χ2v) is 8.39. The lowest BCUT2D eigenvalue weighted by atomic mass is 10.1. The number of nitrogens with zero attached hydrogens (tertiary/aromatic N) is 1. The number of sulfonamides is 1. The van der Waals surface area contributed by atoms with Gasteiger partial charge >= 0.3 is 0 Å². The van der Waals surface area contributed by atoms with E-state index in [1.165, 1.54) is 0 Å². The molecule has 0 aliphatic heterocycles. The largest absolute Gasteiger partial charge is 0.335 e. The Kier molecular flexibility index (Phi) is 6.44. The molecule has 144 valence electrons. The third kappa shape index (κ3) is 5.20. The number of anilines is 1. The predicted octanol–water partition coefficient (Wildman–Crippen LogP) is 4.14. The minimum absolute atomic E-state index is 0.107. The van der Waals surface area contributed by atoms with Crippen LogP contribution in [-0.2, 0) is 10.0 Å². The highest BCUT2D eigenvalue weighted by molar-refractivity contribution is 7.92. The second-order valence-electron chi connectivity index (χ2n) is 6.71. The third-order valence-electron chi connectivity index (χ3n) is 4.30. The van der Waals surface area contributed by atoms with Crippen LogP contribution in [0.4, 0.5) is 5.69 Å². The molecule has 0 fully saturated rings. The van der Waals surface area contributed by atoms with Crippen LogP contribution in [0.1, 0.15) is 35.3 Å². The first-order valence-electron chi connectivity index (χ1n) is 8.78. The lowest BCUT2D eigenvalue weighted by Gasteiger charge is -2.21. The summed E-state index contributed by atoms with van der Waals surface area (Å²) in [6.45, 7) is 12.5. The van der Waals surface area contributed by atoms with Crippen LogP contribution in [0.5, 0.6) is 0 Å². The van der Waals surface area contributed by atoms with Gasteiger partial charge in [-0.1, -0.05) is 18.2 Å². The van der Waals surface area contributed by atoms with E-state index in [0.29, 0.717) is 24.3 Å². The van der Waals surface area contributed by atoms with Crippen LogP contribution in [-0.4, -0.2) is 32.3 Å². The van der Waals surface area contributed by atoms with E-state index in [0.717, 1.165) is 16.7 Å². The normalized spacial score (nSPS) is 11.1. The van der Waals surface area contributed by atoms with Crippen molar-refractivity contribution in [3.05, 3.63) is 71.3 Å². The summed E-state index contributed by atoms with van der Waals surface area (Å²) in [6, 6.07) is 11.5. The van der Waals surface area contributed by atoms with E-state index in [-0.39, 0.29) is 10.8 Å². The maximum atomic E-state index is 12.6. The van der Waals surface area contributed by atoms with E-state index in [1.54, 1.807) is 47.4 Å². The van der Waals surface area contributed by atoms with E-state index in [2.05, 4.69) is 11.3 Å². The van der Waals surface area contributed by atoms with E-state index in [1.807, 2.05) is 27.7 Å². The predicted molar refractivity (Wildman–Crippen MR) is 110 cm³/mol. The number of carbonyl (C=O) groups excluding carboxylic acids is 1. The molecule has 5 nitrogen and oxygen atoms in total. The molecule has 0 aromatic heterocycles. The topological polar surface area (TPSA) is 66.5 Å². The summed E-state index contributed by atoms with van der Waals surface area (Å²) in [5.41, 5.74) is 3.77. The Labute approximate surface area is 161 Å². The Morgan fingerprint density at radius 3 is 2.22 bits per heavy atom. The van der Waals surface area contributed by atoms with Gasteiger partial charge in [-0.05, 0) is 75.2 Å². The molecule has 2 rings (SSSR count). The van der Waals surface area contributed by atoms with Crippen molar-refractivity contribution in [3.8, 4) is 0 Å². The Morgan fingerprint density at radius 1 is 1.07 bits per heavy atom. The Bertz CT molecular complexity index is 948. The summed E-state index contributed by atoms with van der Waals surface area (Å²) in [5.74, 6) is -0.107. The molecule has 0 atom stereocenters. The Hall–Kier alpha value is -2.60. The molecule has 1 amide bonds. The van der Waals surface area contributed by atoms with Crippen LogP contribution < -0.4 is 4.72 Å². The number of benzene rings is 2. The number of aryl methyl sites for hydroxylation is 2. The lowest BCUT2D eigenvalue weighted by Crippen LogP contribution is -2.32. The van der Waals surface area contributed by atoms with Crippen molar-refractivity contribution in [1.29, 1.82) is 0 Å². The average molecular weight is 387 g/mol. The SMILES string of the molecule is C=C(C)CN(CC)C(=O)c1ccc(NS(=O)(=O)c2ccc(C)c(C)c2)cc1. The highest BCUT2D eigenvalue weighted by Gasteiger charge is 2.17. The summed E-state index contributed by atoms with van der Waals surface area (Å²) < 4.78 is 27.7. The highest BCUT2D eigenvalue weighted by Crippen LogP contribution is 2.19. The van der Waals surface area contributed by atoms with Crippen molar-refractivity contribution in [2.75, 3.05) is 17.8 Å². The molecule has 27 heavy (non-hydrogen) atoms. The van der Waals surface area contributed by atoms with Gasteiger partial charge in [-0.25, -0.2) is 8.42 Å². The smallest absolute Gasteiger partial charge is 0.261 e. The minimum Gasteiger partial charge on any atom is -0.335 e. The molecule has 0 heterocycles. The molecule has 0 unspecified atom stereocenters. The maximum Gasteiger partial charge on any atom is 0.261 e. The van der Waals surface area contributed by atoms with Gasteiger partial charge in [0.15, 0.2) is 0 Å². The summed E-state index contributed by atoms with van der Waals surface area (Å²) in [5, 5.41) is 0. The van der Waals surface area contributed by atoms with Gasteiger partial charge in [-0.3, -0.25) is 9.52 Å². The maximum absolute atomic E-state index is 12.6. The van der Waals surface area contributed by atoms with Crippen molar-refractivity contribution in [3.63, 3.8) is 0 Å². The number of hydrogen-bond acceptors (Lipinski definition) is 3. The molecule has 0 saturated heterocycles. The fourth-order valence-electron chi connectivity index (χ4n) is 2.61. The average Bonchev–Trinajstić information content (AvgIpc) is 2.61. The first kappa shape index (κ1) is 20.7. The molecular weight excluding hydrogens is 360 g/mol. The van der Waals surface area contributed by atoms with Crippen LogP contribution in [0.3, 0.4) is 0 Å². The van der Waals surface area contributed by atoms with E-state index >= 15 is 0 Å². The molecule has 0 radical (unpaired) electrons.